The molecule has 0 unspecified atom stereocenters. The minimum absolute atomic E-state index is 0.336. The number of aromatic hydroxyl groups is 1. The second kappa shape index (κ2) is 7.10. The van der Waals surface area contributed by atoms with Gasteiger partial charge >= 0.3 is 0 Å². The van der Waals surface area contributed by atoms with Crippen molar-refractivity contribution in [1.82, 2.24) is 0 Å². The first-order valence-corrected chi connectivity index (χ1v) is 5.78. The summed E-state index contributed by atoms with van der Waals surface area (Å²) in [6.45, 7) is 2.22. The molecule has 0 saturated carbocycles. The number of hydrogen-bond acceptors (Lipinski definition) is 1. The van der Waals surface area contributed by atoms with Gasteiger partial charge in [-0.1, -0.05) is 50.5 Å². The van der Waals surface area contributed by atoms with Crippen LogP contribution in [0.3, 0.4) is 0 Å². The zero-order valence-corrected chi connectivity index (χ0v) is 9.45. The largest absolute Gasteiger partial charge is 0.508 e. The van der Waals surface area contributed by atoms with Gasteiger partial charge in [-0.3, -0.25) is 0 Å². The summed E-state index contributed by atoms with van der Waals surface area (Å²) in [5, 5.41) is 9.25. The Hall–Kier alpha value is -1.24. The fourth-order valence-electron chi connectivity index (χ4n) is 1.54. The van der Waals surface area contributed by atoms with Crippen molar-refractivity contribution in [3.05, 3.63) is 35.9 Å². The fraction of sp³-hybridized carbons (Fsp3) is 0.429. The Bertz CT molecular complexity index is 302. The van der Waals surface area contributed by atoms with Crippen LogP contribution in [-0.2, 0) is 0 Å². The highest BCUT2D eigenvalue weighted by Gasteiger charge is 1.89. The van der Waals surface area contributed by atoms with Crippen LogP contribution in [0.4, 0.5) is 0 Å². The Morgan fingerprint density at radius 2 is 2.07 bits per heavy atom. The van der Waals surface area contributed by atoms with E-state index < -0.39 is 0 Å². The number of allylic oxidation sites excluding steroid dienone is 1. The van der Waals surface area contributed by atoms with E-state index in [0.29, 0.717) is 5.75 Å². The molecule has 1 rings (SSSR count). The number of unbranched alkanes of at least 4 members (excludes halogenated alkanes) is 4. The Morgan fingerprint density at radius 3 is 2.80 bits per heavy atom. The van der Waals surface area contributed by atoms with Gasteiger partial charge < -0.3 is 5.11 Å². The minimum atomic E-state index is 0.336. The normalized spacial score (nSPS) is 11.0. The first-order valence-electron chi connectivity index (χ1n) is 5.78. The summed E-state index contributed by atoms with van der Waals surface area (Å²) >= 11 is 0. The van der Waals surface area contributed by atoms with E-state index in [0.717, 1.165) is 12.0 Å². The van der Waals surface area contributed by atoms with Crippen molar-refractivity contribution in [2.24, 2.45) is 0 Å². The van der Waals surface area contributed by atoms with Crippen LogP contribution >= 0.6 is 0 Å². The van der Waals surface area contributed by atoms with Gasteiger partial charge in [-0.2, -0.15) is 0 Å². The first kappa shape index (κ1) is 11.8. The van der Waals surface area contributed by atoms with E-state index in [9.17, 15) is 5.11 Å². The molecular formula is C14H20O. The predicted molar refractivity (Wildman–Crippen MR) is 65.9 cm³/mol. The molecule has 1 nitrogen and oxygen atoms in total. The molecule has 1 aromatic rings. The van der Waals surface area contributed by atoms with E-state index in [1.54, 1.807) is 12.1 Å². The lowest BCUT2D eigenvalue weighted by Gasteiger charge is -1.96. The molecule has 0 aliphatic rings. The molecule has 0 fully saturated rings. The summed E-state index contributed by atoms with van der Waals surface area (Å²) in [7, 11) is 0. The summed E-state index contributed by atoms with van der Waals surface area (Å²) in [5.41, 5.74) is 1.07. The maximum atomic E-state index is 9.25. The van der Waals surface area contributed by atoms with Crippen LogP contribution in [-0.4, -0.2) is 5.11 Å². The monoisotopic (exact) mass is 204 g/mol. The van der Waals surface area contributed by atoms with E-state index >= 15 is 0 Å². The smallest absolute Gasteiger partial charge is 0.116 e. The van der Waals surface area contributed by atoms with Crippen LogP contribution in [0.15, 0.2) is 30.3 Å². The third kappa shape index (κ3) is 5.26. The average molecular weight is 204 g/mol. The predicted octanol–water partition coefficient (Wildman–Crippen LogP) is 4.38. The van der Waals surface area contributed by atoms with Crippen molar-refractivity contribution < 1.29 is 5.11 Å². The van der Waals surface area contributed by atoms with Gasteiger partial charge in [-0.25, -0.2) is 0 Å². The van der Waals surface area contributed by atoms with Crippen LogP contribution in [0.5, 0.6) is 5.75 Å². The van der Waals surface area contributed by atoms with E-state index in [-0.39, 0.29) is 0 Å². The van der Waals surface area contributed by atoms with Gasteiger partial charge in [0, 0.05) is 0 Å². The van der Waals surface area contributed by atoms with Crippen LogP contribution in [0.1, 0.15) is 44.6 Å². The Morgan fingerprint density at radius 1 is 1.20 bits per heavy atom. The number of benzene rings is 1. The standard InChI is InChI=1S/C14H20O/c1-2-3-4-5-6-7-9-13-10-8-11-14(15)12-13/h7-12,15H,2-6H2,1H3/b9-7-. The van der Waals surface area contributed by atoms with E-state index in [1.165, 1.54) is 25.7 Å². The van der Waals surface area contributed by atoms with E-state index in [2.05, 4.69) is 19.1 Å². The topological polar surface area (TPSA) is 20.2 Å². The average Bonchev–Trinajstić information content (AvgIpc) is 2.23. The SMILES string of the molecule is CCCCCC/C=C\c1cccc(O)c1. The van der Waals surface area contributed by atoms with Gasteiger partial charge in [-0.05, 0) is 30.5 Å². The summed E-state index contributed by atoms with van der Waals surface area (Å²) in [4.78, 5) is 0. The Kier molecular flexibility index (Phi) is 5.60. The third-order valence-corrected chi connectivity index (χ3v) is 2.40. The summed E-state index contributed by atoms with van der Waals surface area (Å²) in [6, 6.07) is 7.34. The van der Waals surface area contributed by atoms with E-state index in [1.807, 2.05) is 12.1 Å². The highest BCUT2D eigenvalue weighted by molar-refractivity contribution is 5.51. The van der Waals surface area contributed by atoms with Gasteiger partial charge in [0.05, 0.1) is 0 Å². The zero-order chi connectivity index (χ0) is 10.9. The maximum Gasteiger partial charge on any atom is 0.116 e. The lowest BCUT2D eigenvalue weighted by Crippen LogP contribution is -1.74. The zero-order valence-electron chi connectivity index (χ0n) is 9.45. The van der Waals surface area contributed by atoms with E-state index in [4.69, 9.17) is 0 Å². The number of hydrogen-bond donors (Lipinski definition) is 1. The van der Waals surface area contributed by atoms with Crippen molar-refractivity contribution in [3.8, 4) is 5.75 Å². The lowest BCUT2D eigenvalue weighted by molar-refractivity contribution is 0.475. The molecular weight excluding hydrogens is 184 g/mol. The maximum absolute atomic E-state index is 9.25. The molecule has 82 valence electrons. The van der Waals surface area contributed by atoms with Crippen LogP contribution in [0.25, 0.3) is 6.08 Å². The second-order valence-electron chi connectivity index (χ2n) is 3.85. The van der Waals surface area contributed by atoms with Crippen molar-refractivity contribution in [2.75, 3.05) is 0 Å². The molecule has 0 heterocycles. The van der Waals surface area contributed by atoms with Gasteiger partial charge in [-0.15, -0.1) is 0 Å². The minimum Gasteiger partial charge on any atom is -0.508 e. The number of phenols is 1. The summed E-state index contributed by atoms with van der Waals surface area (Å²) in [5.74, 6) is 0.336. The molecule has 0 amide bonds. The highest BCUT2D eigenvalue weighted by atomic mass is 16.3. The lowest BCUT2D eigenvalue weighted by atomic mass is 10.1. The molecule has 0 atom stereocenters. The molecule has 0 aromatic heterocycles. The summed E-state index contributed by atoms with van der Waals surface area (Å²) < 4.78 is 0. The quantitative estimate of drug-likeness (QED) is 0.682. The molecule has 0 aliphatic heterocycles. The molecule has 1 aromatic carbocycles. The van der Waals surface area contributed by atoms with Gasteiger partial charge in [0.25, 0.3) is 0 Å². The fourth-order valence-corrected chi connectivity index (χ4v) is 1.54. The van der Waals surface area contributed by atoms with Crippen LogP contribution in [0.2, 0.25) is 0 Å². The molecule has 0 bridgehead atoms. The van der Waals surface area contributed by atoms with Crippen molar-refractivity contribution in [2.45, 2.75) is 39.0 Å². The van der Waals surface area contributed by atoms with Crippen LogP contribution < -0.4 is 0 Å². The Balaban J connectivity index is 2.26. The molecule has 0 aliphatic carbocycles. The number of phenolic OH excluding ortho intramolecular Hbond substituents is 1. The molecule has 0 radical (unpaired) electrons. The number of rotatable bonds is 6. The molecule has 0 spiro atoms. The molecule has 1 N–H and O–H groups in total. The first-order chi connectivity index (χ1) is 7.33. The third-order valence-electron chi connectivity index (χ3n) is 2.40. The highest BCUT2D eigenvalue weighted by Crippen LogP contribution is 2.13. The van der Waals surface area contributed by atoms with Crippen molar-refractivity contribution in [3.63, 3.8) is 0 Å². The molecule has 0 saturated heterocycles. The molecule has 15 heavy (non-hydrogen) atoms. The van der Waals surface area contributed by atoms with Crippen molar-refractivity contribution >= 4 is 6.08 Å². The van der Waals surface area contributed by atoms with Gasteiger partial charge in [0.2, 0.25) is 0 Å². The second-order valence-corrected chi connectivity index (χ2v) is 3.85. The van der Waals surface area contributed by atoms with Gasteiger partial charge in [0.15, 0.2) is 0 Å². The Labute approximate surface area is 92.5 Å². The molecule has 1 heteroatoms. The van der Waals surface area contributed by atoms with Crippen LogP contribution in [0, 0.1) is 0 Å². The van der Waals surface area contributed by atoms with Crippen molar-refractivity contribution in [1.29, 1.82) is 0 Å². The van der Waals surface area contributed by atoms with Gasteiger partial charge in [0.1, 0.15) is 5.75 Å². The summed E-state index contributed by atoms with van der Waals surface area (Å²) in [6.07, 6.45) is 10.6.